The van der Waals surface area contributed by atoms with Gasteiger partial charge in [0.2, 0.25) is 0 Å². The van der Waals surface area contributed by atoms with Crippen LogP contribution >= 0.6 is 46.7 Å². The van der Waals surface area contributed by atoms with Crippen molar-refractivity contribution in [2.24, 2.45) is 4.99 Å². The van der Waals surface area contributed by atoms with Gasteiger partial charge in [-0.1, -0.05) is 54.9 Å². The second kappa shape index (κ2) is 10.2. The molecule has 0 fully saturated rings. The van der Waals surface area contributed by atoms with Crippen molar-refractivity contribution in [1.29, 1.82) is 0 Å². The first-order valence-electron chi connectivity index (χ1n) is 10.4. The van der Waals surface area contributed by atoms with Crippen molar-refractivity contribution in [3.63, 3.8) is 0 Å². The first-order valence-corrected chi connectivity index (χ1v) is 12.9. The van der Waals surface area contributed by atoms with Crippen molar-refractivity contribution in [1.82, 2.24) is 14.8 Å². The number of aliphatic imine (C=N–C) groups is 1. The zero-order chi connectivity index (χ0) is 24.6. The summed E-state index contributed by atoms with van der Waals surface area (Å²) >= 11 is 15.6. The second-order valence-corrected chi connectivity index (χ2v) is 11.8. The van der Waals surface area contributed by atoms with Gasteiger partial charge in [0.25, 0.3) is 0 Å². The van der Waals surface area contributed by atoms with Crippen molar-refractivity contribution in [3.8, 4) is 16.9 Å². The number of halogens is 2. The number of nitrogens with zero attached hydrogens (tertiary/aromatic N) is 4. The summed E-state index contributed by atoms with van der Waals surface area (Å²) in [5.41, 5.74) is 2.59. The molecule has 0 spiro atoms. The van der Waals surface area contributed by atoms with Crippen LogP contribution in [-0.2, 0) is 0 Å². The molecular formula is C23H22Cl2N4O3S2. The molecule has 4 rings (SSSR count). The highest BCUT2D eigenvalue weighted by molar-refractivity contribution is 8.25. The minimum atomic E-state index is -1.10. The summed E-state index contributed by atoms with van der Waals surface area (Å²) in [7, 11) is 1.54. The van der Waals surface area contributed by atoms with Crippen LogP contribution in [0.4, 0.5) is 0 Å². The number of hydrogen-bond acceptors (Lipinski definition) is 7. The van der Waals surface area contributed by atoms with E-state index < -0.39 is 5.97 Å². The number of carboxylic acids is 1. The van der Waals surface area contributed by atoms with Crippen LogP contribution in [0.3, 0.4) is 0 Å². The van der Waals surface area contributed by atoms with Crippen LogP contribution in [0, 0.1) is 6.92 Å². The summed E-state index contributed by atoms with van der Waals surface area (Å²) in [5.74, 6) is -0.575. The number of benzene rings is 1. The Bertz CT molecular complexity index is 1280. The van der Waals surface area contributed by atoms with Gasteiger partial charge in [0.05, 0.1) is 39.7 Å². The highest BCUT2D eigenvalue weighted by Crippen LogP contribution is 2.47. The van der Waals surface area contributed by atoms with E-state index in [9.17, 15) is 9.90 Å². The highest BCUT2D eigenvalue weighted by atomic mass is 35.5. The van der Waals surface area contributed by atoms with Gasteiger partial charge in [-0.2, -0.15) is 5.10 Å². The maximum Gasteiger partial charge on any atom is 0.355 e. The number of aromatic nitrogens is 3. The van der Waals surface area contributed by atoms with Crippen molar-refractivity contribution >= 4 is 57.9 Å². The van der Waals surface area contributed by atoms with E-state index in [2.05, 4.69) is 23.9 Å². The number of rotatable bonds is 6. The van der Waals surface area contributed by atoms with Crippen LogP contribution < -0.4 is 4.74 Å². The standard InChI is InChI=1S/C23H22Cl2N4O3S2/c1-11(2)33-22-19(13-5-6-16(24)17(25)8-13)27-23(34-22)29-20(21(30)31)18(12(3)28-29)14-7-15(32-4)10-26-9-14/h5-11,19,22H,1-4H3,(H,30,31). The Kier molecular flexibility index (Phi) is 7.47. The van der Waals surface area contributed by atoms with Crippen LogP contribution in [0.25, 0.3) is 11.1 Å². The van der Waals surface area contributed by atoms with Gasteiger partial charge in [0, 0.05) is 22.6 Å². The van der Waals surface area contributed by atoms with E-state index in [0.29, 0.717) is 43.0 Å². The zero-order valence-electron chi connectivity index (χ0n) is 18.8. The molecular weight excluding hydrogens is 515 g/mol. The molecule has 2 atom stereocenters. The monoisotopic (exact) mass is 536 g/mol. The fourth-order valence-electron chi connectivity index (χ4n) is 3.66. The van der Waals surface area contributed by atoms with Crippen LogP contribution in [0.2, 0.25) is 10.0 Å². The predicted octanol–water partition coefficient (Wildman–Crippen LogP) is 6.43. The number of methoxy groups -OCH3 is 1. The van der Waals surface area contributed by atoms with Gasteiger partial charge < -0.3 is 9.84 Å². The molecule has 2 unspecified atom stereocenters. The van der Waals surface area contributed by atoms with E-state index in [4.69, 9.17) is 32.9 Å². The lowest BCUT2D eigenvalue weighted by Crippen LogP contribution is -2.16. The molecule has 0 saturated carbocycles. The largest absolute Gasteiger partial charge is 0.495 e. The number of hydrogen-bond donors (Lipinski definition) is 1. The lowest BCUT2D eigenvalue weighted by Gasteiger charge is -2.19. The summed E-state index contributed by atoms with van der Waals surface area (Å²) in [4.78, 5) is 21.5. The number of aromatic carboxylic acids is 1. The molecule has 7 nitrogen and oxygen atoms in total. The Labute approximate surface area is 215 Å². The van der Waals surface area contributed by atoms with Gasteiger partial charge >= 0.3 is 5.97 Å². The number of thioether (sulfide) groups is 2. The molecule has 1 N–H and O–H groups in total. The SMILES string of the molecule is COc1cncc(-c2c(C)nn(C3=NC(c4ccc(Cl)c(Cl)c4)C(SC(C)C)S3)c2C(=O)O)c1. The van der Waals surface area contributed by atoms with Crippen LogP contribution in [0.5, 0.6) is 5.75 Å². The molecule has 34 heavy (non-hydrogen) atoms. The third-order valence-electron chi connectivity index (χ3n) is 5.10. The Morgan fingerprint density at radius 2 is 2.00 bits per heavy atom. The van der Waals surface area contributed by atoms with Gasteiger partial charge in [-0.3, -0.25) is 9.98 Å². The second-order valence-electron chi connectivity index (χ2n) is 7.84. The van der Waals surface area contributed by atoms with Crippen molar-refractivity contribution in [2.45, 2.75) is 36.6 Å². The molecule has 0 bridgehead atoms. The summed E-state index contributed by atoms with van der Waals surface area (Å²) in [5, 5.41) is 16.5. The van der Waals surface area contributed by atoms with Gasteiger partial charge in [0.15, 0.2) is 10.9 Å². The maximum atomic E-state index is 12.4. The lowest BCUT2D eigenvalue weighted by molar-refractivity contribution is 0.0689. The molecule has 3 aromatic rings. The number of aryl methyl sites for hydroxylation is 1. The van der Waals surface area contributed by atoms with Gasteiger partial charge in [0.1, 0.15) is 5.75 Å². The molecule has 2 aromatic heterocycles. The predicted molar refractivity (Wildman–Crippen MR) is 140 cm³/mol. The molecule has 0 radical (unpaired) electrons. The van der Waals surface area contributed by atoms with E-state index >= 15 is 0 Å². The number of carboxylic acid groups (broad SMARTS) is 1. The highest BCUT2D eigenvalue weighted by Gasteiger charge is 2.36. The fourth-order valence-corrected chi connectivity index (χ4v) is 6.98. The molecule has 1 aromatic carbocycles. The normalized spacial score (nSPS) is 17.8. The van der Waals surface area contributed by atoms with Crippen molar-refractivity contribution in [2.75, 3.05) is 7.11 Å². The zero-order valence-corrected chi connectivity index (χ0v) is 22.0. The van der Waals surface area contributed by atoms with E-state index in [0.717, 1.165) is 5.56 Å². The third kappa shape index (κ3) is 4.93. The molecule has 1 aliphatic heterocycles. The first-order chi connectivity index (χ1) is 16.2. The maximum absolute atomic E-state index is 12.4. The molecule has 1 aliphatic rings. The molecule has 178 valence electrons. The summed E-state index contributed by atoms with van der Waals surface area (Å²) in [6, 6.07) is 6.97. The van der Waals surface area contributed by atoms with E-state index in [-0.39, 0.29) is 16.3 Å². The van der Waals surface area contributed by atoms with Gasteiger partial charge in [-0.05, 0) is 30.7 Å². The quantitative estimate of drug-likeness (QED) is 0.388. The molecule has 3 heterocycles. The van der Waals surface area contributed by atoms with Crippen molar-refractivity contribution < 1.29 is 14.6 Å². The average Bonchev–Trinajstić information content (AvgIpc) is 3.36. The van der Waals surface area contributed by atoms with Crippen LogP contribution in [-0.4, -0.2) is 47.9 Å². The third-order valence-corrected chi connectivity index (χ3v) is 8.51. The average molecular weight is 537 g/mol. The van der Waals surface area contributed by atoms with Crippen LogP contribution in [0.15, 0.2) is 41.7 Å². The van der Waals surface area contributed by atoms with Gasteiger partial charge in [-0.15, -0.1) is 11.8 Å². The molecule has 0 saturated heterocycles. The Morgan fingerprint density at radius 3 is 2.65 bits per heavy atom. The number of carbonyl (C=O) groups is 1. The van der Waals surface area contributed by atoms with Gasteiger partial charge in [-0.25, -0.2) is 9.48 Å². The number of pyridine rings is 1. The Morgan fingerprint density at radius 1 is 1.24 bits per heavy atom. The minimum absolute atomic E-state index is 0.0142. The van der Waals surface area contributed by atoms with Crippen molar-refractivity contribution in [3.05, 3.63) is 63.7 Å². The first kappa shape index (κ1) is 24.9. The molecule has 0 aliphatic carbocycles. The number of ether oxygens (including phenoxy) is 1. The summed E-state index contributed by atoms with van der Waals surface area (Å²) in [6.45, 7) is 6.00. The van der Waals surface area contributed by atoms with E-state index in [1.807, 2.05) is 12.1 Å². The topological polar surface area (TPSA) is 89.6 Å². The Balaban J connectivity index is 1.83. The van der Waals surface area contributed by atoms with E-state index in [1.165, 1.54) is 23.6 Å². The fraction of sp³-hybridized carbons (Fsp3) is 0.304. The van der Waals surface area contributed by atoms with Crippen LogP contribution in [0.1, 0.15) is 41.6 Å². The minimum Gasteiger partial charge on any atom is -0.495 e. The summed E-state index contributed by atoms with van der Waals surface area (Å²) in [6.07, 6.45) is 3.17. The lowest BCUT2D eigenvalue weighted by atomic mass is 10.1. The smallest absolute Gasteiger partial charge is 0.355 e. The molecule has 0 amide bonds. The van der Waals surface area contributed by atoms with E-state index in [1.54, 1.807) is 43.2 Å². The Hall–Kier alpha value is -2.20. The summed E-state index contributed by atoms with van der Waals surface area (Å²) < 4.78 is 6.70. The molecule has 11 heteroatoms.